The fourth-order valence-electron chi connectivity index (χ4n) is 9.14. The molecule has 4 heterocycles. The van der Waals surface area contributed by atoms with Gasteiger partial charge in [-0.3, -0.25) is 9.58 Å². The second-order valence-electron chi connectivity index (χ2n) is 16.7. The minimum Gasteiger partial charge on any atom is -0.493 e. The summed E-state index contributed by atoms with van der Waals surface area (Å²) < 4.78 is 56.7. The van der Waals surface area contributed by atoms with Gasteiger partial charge in [-0.15, -0.1) is 0 Å². The van der Waals surface area contributed by atoms with Crippen LogP contribution in [0.4, 0.5) is 5.69 Å². The zero-order valence-electron chi connectivity index (χ0n) is 38.1. The SMILES string of the molecule is CCOC(=O)c1c(CCCOc2cccc3ccccc23)c2ccc(C)c(-c3c(COc4ccc(N5CCN(S(=O)(=O)N(C)C)CC5)cc4)nn(C)c3CBr)c2n1CCN1CCOCC1. The van der Waals surface area contributed by atoms with Crippen LogP contribution in [0.1, 0.15) is 46.3 Å². The first kappa shape index (κ1) is 46.6. The predicted molar refractivity (Wildman–Crippen MR) is 260 cm³/mol. The number of ether oxygens (including phenoxy) is 4. The Kier molecular flexibility index (Phi) is 14.8. The summed E-state index contributed by atoms with van der Waals surface area (Å²) in [6.07, 6.45) is 1.30. The van der Waals surface area contributed by atoms with Crippen molar-refractivity contribution < 1.29 is 32.2 Å². The molecule has 0 unspecified atom stereocenters. The highest BCUT2D eigenvalue weighted by Crippen LogP contribution is 2.41. The number of aryl methyl sites for hydroxylation is 3. The molecule has 2 aromatic heterocycles. The lowest BCUT2D eigenvalue weighted by Gasteiger charge is -2.36. The summed E-state index contributed by atoms with van der Waals surface area (Å²) in [5.74, 6) is 1.21. The van der Waals surface area contributed by atoms with Crippen LogP contribution in [0.2, 0.25) is 0 Å². The molecule has 0 aliphatic carbocycles. The summed E-state index contributed by atoms with van der Waals surface area (Å²) in [5, 5.41) is 8.82. The molecule has 0 saturated carbocycles. The molecular weight excluding hydrogens is 911 g/mol. The standard InChI is InChI=1S/C49H60BrN7O7S/c1-6-62-49(58)48-40(14-10-30-63-44-15-9-12-36-11-7-8-13-39(36)44)41-21-16-35(2)45(47(41)57(48)27-22-54-28-31-61-32-29-54)46-42(51-53(5)43(46)33-50)34-64-38-19-17-37(18-20-38)55-23-25-56(26-24-55)65(59,60)52(3)4/h7-9,11-13,15-21H,6,10,14,22-34H2,1-5H3. The van der Waals surface area contributed by atoms with Gasteiger partial charge < -0.3 is 28.4 Å². The highest BCUT2D eigenvalue weighted by Gasteiger charge is 2.31. The van der Waals surface area contributed by atoms with E-state index in [1.165, 1.54) is 8.61 Å². The molecule has 2 aliphatic heterocycles. The second-order valence-corrected chi connectivity index (χ2v) is 19.4. The molecular formula is C49H60BrN7O7S. The summed E-state index contributed by atoms with van der Waals surface area (Å²) in [6, 6.07) is 26.6. The molecule has 0 amide bonds. The van der Waals surface area contributed by atoms with Crippen LogP contribution in [0.5, 0.6) is 11.5 Å². The number of morpholine rings is 1. The number of hydrogen-bond donors (Lipinski definition) is 0. The summed E-state index contributed by atoms with van der Waals surface area (Å²) in [6.45, 7) is 11.3. The number of carbonyl (C=O) groups excluding carboxylic acids is 1. The first-order chi connectivity index (χ1) is 31.5. The first-order valence-corrected chi connectivity index (χ1v) is 25.0. The molecule has 0 radical (unpaired) electrons. The predicted octanol–water partition coefficient (Wildman–Crippen LogP) is 7.43. The third kappa shape index (κ3) is 9.93. The van der Waals surface area contributed by atoms with Crippen LogP contribution in [-0.4, -0.2) is 129 Å². The first-order valence-electron chi connectivity index (χ1n) is 22.5. The third-order valence-corrected chi connectivity index (χ3v) is 15.0. The van der Waals surface area contributed by atoms with E-state index in [0.717, 1.165) is 86.4 Å². The van der Waals surface area contributed by atoms with Gasteiger partial charge in [0.25, 0.3) is 10.2 Å². The van der Waals surface area contributed by atoms with Crippen LogP contribution in [0, 0.1) is 6.92 Å². The Labute approximate surface area is 390 Å². The average molecular weight is 971 g/mol. The van der Waals surface area contributed by atoms with E-state index in [2.05, 4.69) is 67.6 Å². The molecule has 0 bridgehead atoms. The maximum Gasteiger partial charge on any atom is 0.355 e. The topological polar surface area (TPSA) is 124 Å². The Morgan fingerprint density at radius 2 is 1.60 bits per heavy atom. The Hall–Kier alpha value is -4.97. The Morgan fingerprint density at radius 1 is 0.862 bits per heavy atom. The van der Waals surface area contributed by atoms with E-state index in [0.29, 0.717) is 82.2 Å². The number of alkyl halides is 1. The van der Waals surface area contributed by atoms with E-state index < -0.39 is 10.2 Å². The lowest BCUT2D eigenvalue weighted by Crippen LogP contribution is -2.51. The van der Waals surface area contributed by atoms with Crippen molar-refractivity contribution in [3.05, 3.63) is 107 Å². The van der Waals surface area contributed by atoms with Crippen molar-refractivity contribution in [2.24, 2.45) is 7.05 Å². The summed E-state index contributed by atoms with van der Waals surface area (Å²) >= 11 is 3.80. The molecule has 2 saturated heterocycles. The maximum atomic E-state index is 14.3. The van der Waals surface area contributed by atoms with E-state index in [9.17, 15) is 13.2 Å². The van der Waals surface area contributed by atoms with Crippen LogP contribution in [0.25, 0.3) is 32.8 Å². The molecule has 0 N–H and O–H groups in total. The highest BCUT2D eigenvalue weighted by atomic mass is 79.9. The summed E-state index contributed by atoms with van der Waals surface area (Å²) in [5.41, 5.74) is 8.33. The Bertz CT molecular complexity index is 2720. The van der Waals surface area contributed by atoms with Gasteiger partial charge in [0.15, 0.2) is 0 Å². The number of hydrogen-bond acceptors (Lipinski definition) is 10. The second kappa shape index (κ2) is 20.7. The van der Waals surface area contributed by atoms with Crippen LogP contribution >= 0.6 is 15.9 Å². The number of piperazine rings is 1. The lowest BCUT2D eigenvalue weighted by atomic mass is 9.94. The van der Waals surface area contributed by atoms with Gasteiger partial charge >= 0.3 is 5.97 Å². The van der Waals surface area contributed by atoms with Crippen LogP contribution in [-0.2, 0) is 51.6 Å². The average Bonchev–Trinajstić information content (AvgIpc) is 3.81. The number of benzene rings is 4. The summed E-state index contributed by atoms with van der Waals surface area (Å²) in [4.78, 5) is 18.9. The minimum atomic E-state index is -3.45. The van der Waals surface area contributed by atoms with E-state index in [1.54, 1.807) is 14.1 Å². The Balaban J connectivity index is 1.12. The molecule has 6 aromatic rings. The van der Waals surface area contributed by atoms with Crippen molar-refractivity contribution in [3.63, 3.8) is 0 Å². The molecule has 0 spiro atoms. The van der Waals surface area contributed by atoms with Crippen molar-refractivity contribution in [1.82, 2.24) is 27.9 Å². The molecule has 2 aliphatic rings. The van der Waals surface area contributed by atoms with Gasteiger partial charge in [0.2, 0.25) is 0 Å². The number of rotatable bonds is 18. The quantitative estimate of drug-likeness (QED) is 0.0489. The van der Waals surface area contributed by atoms with E-state index >= 15 is 0 Å². The number of anilines is 1. The van der Waals surface area contributed by atoms with E-state index in [1.807, 2.05) is 67.2 Å². The van der Waals surface area contributed by atoms with Crippen molar-refractivity contribution in [2.45, 2.75) is 45.2 Å². The molecule has 16 heteroatoms. The van der Waals surface area contributed by atoms with Crippen molar-refractivity contribution in [3.8, 4) is 22.6 Å². The van der Waals surface area contributed by atoms with Gasteiger partial charge in [0, 0.05) is 106 Å². The normalized spacial score (nSPS) is 15.3. The van der Waals surface area contributed by atoms with E-state index in [-0.39, 0.29) is 19.2 Å². The zero-order valence-corrected chi connectivity index (χ0v) is 40.5. The lowest BCUT2D eigenvalue weighted by molar-refractivity contribution is 0.0359. The smallest absolute Gasteiger partial charge is 0.355 e. The van der Waals surface area contributed by atoms with Crippen molar-refractivity contribution >= 4 is 59.5 Å². The monoisotopic (exact) mass is 969 g/mol. The fraction of sp³-hybridized carbons (Fsp3) is 0.429. The largest absolute Gasteiger partial charge is 0.493 e. The van der Waals surface area contributed by atoms with Gasteiger partial charge in [0.05, 0.1) is 37.6 Å². The number of aromatic nitrogens is 3. The van der Waals surface area contributed by atoms with Gasteiger partial charge in [-0.05, 0) is 73.5 Å². The highest BCUT2D eigenvalue weighted by molar-refractivity contribution is 9.08. The third-order valence-electron chi connectivity index (χ3n) is 12.5. The van der Waals surface area contributed by atoms with Gasteiger partial charge in [-0.1, -0.05) is 64.5 Å². The van der Waals surface area contributed by atoms with Gasteiger partial charge in [-0.2, -0.15) is 22.1 Å². The summed E-state index contributed by atoms with van der Waals surface area (Å²) in [7, 11) is 1.64. The van der Waals surface area contributed by atoms with Crippen LogP contribution in [0.15, 0.2) is 78.9 Å². The van der Waals surface area contributed by atoms with Gasteiger partial charge in [0.1, 0.15) is 29.5 Å². The molecule has 14 nitrogen and oxygen atoms in total. The zero-order chi connectivity index (χ0) is 45.7. The van der Waals surface area contributed by atoms with E-state index in [4.69, 9.17) is 24.0 Å². The molecule has 65 heavy (non-hydrogen) atoms. The molecule has 0 atom stereocenters. The Morgan fingerprint density at radius 3 is 2.32 bits per heavy atom. The van der Waals surface area contributed by atoms with Gasteiger partial charge in [-0.25, -0.2) is 4.79 Å². The number of fused-ring (bicyclic) bond motifs is 2. The number of carbonyl (C=O) groups is 1. The van der Waals surface area contributed by atoms with Crippen LogP contribution < -0.4 is 14.4 Å². The van der Waals surface area contributed by atoms with Crippen molar-refractivity contribution in [1.29, 1.82) is 0 Å². The number of nitrogens with zero attached hydrogens (tertiary/aromatic N) is 7. The van der Waals surface area contributed by atoms with Crippen LogP contribution in [0.3, 0.4) is 0 Å². The maximum absolute atomic E-state index is 14.3. The molecule has 2 fully saturated rings. The fourth-order valence-corrected chi connectivity index (χ4v) is 10.9. The molecule has 8 rings (SSSR count). The molecule has 346 valence electrons. The number of esters is 1. The van der Waals surface area contributed by atoms with Crippen molar-refractivity contribution in [2.75, 3.05) is 91.2 Å². The molecule has 4 aromatic carbocycles. The minimum absolute atomic E-state index is 0.212. The number of halogens is 1.